The second-order valence-corrected chi connectivity index (χ2v) is 5.51. The van der Waals surface area contributed by atoms with Gasteiger partial charge in [0.1, 0.15) is 0 Å². The number of hydrogen-bond acceptors (Lipinski definition) is 4. The number of hydrogen-bond donors (Lipinski definition) is 2. The molecule has 2 N–H and O–H groups in total. The zero-order chi connectivity index (χ0) is 17.5. The summed E-state index contributed by atoms with van der Waals surface area (Å²) in [6.07, 6.45) is 2.31. The third kappa shape index (κ3) is 4.81. The van der Waals surface area contributed by atoms with E-state index in [0.717, 1.165) is 12.0 Å². The highest BCUT2D eigenvalue weighted by Crippen LogP contribution is 2.09. The maximum Gasteiger partial charge on any atom is 0.271 e. The second kappa shape index (κ2) is 8.10. The van der Waals surface area contributed by atoms with Crippen LogP contribution in [0.2, 0.25) is 0 Å². The van der Waals surface area contributed by atoms with Crippen molar-refractivity contribution in [3.05, 3.63) is 59.3 Å². The van der Waals surface area contributed by atoms with Crippen LogP contribution in [0.3, 0.4) is 0 Å². The number of carbonyl (C=O) groups is 2. The van der Waals surface area contributed by atoms with Crippen molar-refractivity contribution < 1.29 is 14.3 Å². The van der Waals surface area contributed by atoms with E-state index in [2.05, 4.69) is 15.8 Å². The number of amides is 2. The molecule has 6 nitrogen and oxygen atoms in total. The standard InChI is InChI=1S/C18H21N3O3/c1-4-13-5-7-14(8-6-13)17(22)20-21-18(23)15-9-10-16(19-11-15)24-12(2)3/h5-12H,4H2,1-3H3,(H,20,22)(H,21,23). The monoisotopic (exact) mass is 327 g/mol. The number of aryl methyl sites for hydroxylation is 1. The maximum absolute atomic E-state index is 12.0. The summed E-state index contributed by atoms with van der Waals surface area (Å²) in [6.45, 7) is 5.83. The molecule has 2 amide bonds. The van der Waals surface area contributed by atoms with E-state index in [1.165, 1.54) is 6.20 Å². The highest BCUT2D eigenvalue weighted by Gasteiger charge is 2.10. The van der Waals surface area contributed by atoms with Crippen molar-refractivity contribution in [1.29, 1.82) is 0 Å². The fraction of sp³-hybridized carbons (Fsp3) is 0.278. The Hall–Kier alpha value is -2.89. The first-order valence-electron chi connectivity index (χ1n) is 7.82. The van der Waals surface area contributed by atoms with Crippen molar-refractivity contribution in [2.75, 3.05) is 0 Å². The molecule has 0 radical (unpaired) electrons. The minimum Gasteiger partial charge on any atom is -0.475 e. The number of ether oxygens (including phenoxy) is 1. The van der Waals surface area contributed by atoms with Gasteiger partial charge in [-0.05, 0) is 44.0 Å². The van der Waals surface area contributed by atoms with Gasteiger partial charge in [0.25, 0.3) is 11.8 Å². The Labute approximate surface area is 141 Å². The van der Waals surface area contributed by atoms with Gasteiger partial charge in [0.15, 0.2) is 0 Å². The molecule has 0 aliphatic heterocycles. The highest BCUT2D eigenvalue weighted by molar-refractivity contribution is 5.98. The third-order valence-corrected chi connectivity index (χ3v) is 3.27. The minimum atomic E-state index is -0.447. The van der Waals surface area contributed by atoms with Gasteiger partial charge in [-0.25, -0.2) is 4.98 Å². The molecule has 0 spiro atoms. The maximum atomic E-state index is 12.0. The third-order valence-electron chi connectivity index (χ3n) is 3.27. The average Bonchev–Trinajstić information content (AvgIpc) is 2.59. The molecule has 0 aliphatic rings. The van der Waals surface area contributed by atoms with Crippen LogP contribution in [0, 0.1) is 0 Å². The predicted molar refractivity (Wildman–Crippen MR) is 90.8 cm³/mol. The number of nitrogens with zero attached hydrogens (tertiary/aromatic N) is 1. The van der Waals surface area contributed by atoms with Gasteiger partial charge in [0.2, 0.25) is 5.88 Å². The van der Waals surface area contributed by atoms with Crippen LogP contribution in [0.15, 0.2) is 42.6 Å². The molecule has 0 fully saturated rings. The minimum absolute atomic E-state index is 0.00978. The topological polar surface area (TPSA) is 80.3 Å². The predicted octanol–water partition coefficient (Wildman–Crippen LogP) is 2.51. The quantitative estimate of drug-likeness (QED) is 0.827. The number of pyridine rings is 1. The molecule has 0 saturated carbocycles. The molecule has 0 atom stereocenters. The van der Waals surface area contributed by atoms with E-state index in [1.807, 2.05) is 32.9 Å². The molecule has 2 rings (SSSR count). The first-order chi connectivity index (χ1) is 11.5. The molecular weight excluding hydrogens is 306 g/mol. The summed E-state index contributed by atoms with van der Waals surface area (Å²) in [5.41, 5.74) is 6.70. The van der Waals surface area contributed by atoms with Gasteiger partial charge >= 0.3 is 0 Å². The summed E-state index contributed by atoms with van der Waals surface area (Å²) >= 11 is 0. The summed E-state index contributed by atoms with van der Waals surface area (Å²) in [5, 5.41) is 0. The summed E-state index contributed by atoms with van der Waals surface area (Å²) in [7, 11) is 0. The molecular formula is C18H21N3O3. The van der Waals surface area contributed by atoms with Gasteiger partial charge < -0.3 is 4.74 Å². The van der Waals surface area contributed by atoms with E-state index in [-0.39, 0.29) is 12.0 Å². The fourth-order valence-electron chi connectivity index (χ4n) is 1.98. The molecule has 1 heterocycles. The number of rotatable bonds is 5. The van der Waals surface area contributed by atoms with Crippen molar-refractivity contribution in [3.8, 4) is 5.88 Å². The van der Waals surface area contributed by atoms with Crippen molar-refractivity contribution in [3.63, 3.8) is 0 Å². The Balaban J connectivity index is 1.90. The van der Waals surface area contributed by atoms with E-state index < -0.39 is 5.91 Å². The Morgan fingerprint density at radius 3 is 2.08 bits per heavy atom. The fourth-order valence-corrected chi connectivity index (χ4v) is 1.98. The summed E-state index contributed by atoms with van der Waals surface area (Å²) in [4.78, 5) is 28.1. The zero-order valence-electron chi connectivity index (χ0n) is 14.0. The number of benzene rings is 1. The van der Waals surface area contributed by atoms with E-state index in [4.69, 9.17) is 4.74 Å². The molecule has 1 aromatic heterocycles. The Bertz CT molecular complexity index is 694. The Kier molecular flexibility index (Phi) is 5.89. The highest BCUT2D eigenvalue weighted by atomic mass is 16.5. The molecule has 2 aromatic rings. The normalized spacial score (nSPS) is 10.3. The van der Waals surface area contributed by atoms with E-state index in [9.17, 15) is 9.59 Å². The van der Waals surface area contributed by atoms with Crippen LogP contribution >= 0.6 is 0 Å². The van der Waals surface area contributed by atoms with Crippen LogP contribution in [0.4, 0.5) is 0 Å². The zero-order valence-corrected chi connectivity index (χ0v) is 14.0. The molecule has 126 valence electrons. The van der Waals surface area contributed by atoms with Crippen LogP contribution in [0.25, 0.3) is 0 Å². The molecule has 0 unspecified atom stereocenters. The van der Waals surface area contributed by atoms with Crippen molar-refractivity contribution in [2.45, 2.75) is 33.3 Å². The van der Waals surface area contributed by atoms with Crippen LogP contribution in [0.5, 0.6) is 5.88 Å². The summed E-state index contributed by atoms with van der Waals surface area (Å²) in [5.74, 6) is -0.377. The first-order valence-corrected chi connectivity index (χ1v) is 7.82. The lowest BCUT2D eigenvalue weighted by atomic mass is 10.1. The number of hydrazine groups is 1. The summed E-state index contributed by atoms with van der Waals surface area (Å²) < 4.78 is 5.41. The number of aromatic nitrogens is 1. The van der Waals surface area contributed by atoms with Gasteiger partial charge in [0, 0.05) is 17.8 Å². The van der Waals surface area contributed by atoms with E-state index in [0.29, 0.717) is 17.0 Å². The number of carbonyl (C=O) groups excluding carboxylic acids is 2. The lowest BCUT2D eigenvalue weighted by Gasteiger charge is -2.10. The molecule has 24 heavy (non-hydrogen) atoms. The van der Waals surface area contributed by atoms with Crippen molar-refractivity contribution in [2.24, 2.45) is 0 Å². The van der Waals surface area contributed by atoms with Gasteiger partial charge in [-0.15, -0.1) is 0 Å². The second-order valence-electron chi connectivity index (χ2n) is 5.51. The Morgan fingerprint density at radius 1 is 1.00 bits per heavy atom. The molecule has 0 aliphatic carbocycles. The lowest BCUT2D eigenvalue weighted by Crippen LogP contribution is -2.41. The first kappa shape index (κ1) is 17.5. The van der Waals surface area contributed by atoms with Gasteiger partial charge in [0.05, 0.1) is 11.7 Å². The SMILES string of the molecule is CCc1ccc(C(=O)NNC(=O)c2ccc(OC(C)C)nc2)cc1. The van der Waals surface area contributed by atoms with Crippen LogP contribution in [-0.4, -0.2) is 22.9 Å². The molecule has 1 aromatic carbocycles. The van der Waals surface area contributed by atoms with Crippen molar-refractivity contribution in [1.82, 2.24) is 15.8 Å². The van der Waals surface area contributed by atoms with Crippen LogP contribution < -0.4 is 15.6 Å². The molecule has 0 bridgehead atoms. The average molecular weight is 327 g/mol. The summed E-state index contributed by atoms with van der Waals surface area (Å²) in [6, 6.07) is 10.4. The van der Waals surface area contributed by atoms with Crippen molar-refractivity contribution >= 4 is 11.8 Å². The largest absolute Gasteiger partial charge is 0.475 e. The van der Waals surface area contributed by atoms with Crippen LogP contribution in [0.1, 0.15) is 47.1 Å². The number of nitrogens with one attached hydrogen (secondary N) is 2. The molecule has 6 heteroatoms. The Morgan fingerprint density at radius 2 is 1.58 bits per heavy atom. The van der Waals surface area contributed by atoms with Crippen LogP contribution in [-0.2, 0) is 6.42 Å². The molecule has 0 saturated heterocycles. The van der Waals surface area contributed by atoms with E-state index in [1.54, 1.807) is 24.3 Å². The van der Waals surface area contributed by atoms with Gasteiger partial charge in [-0.2, -0.15) is 0 Å². The van der Waals surface area contributed by atoms with Gasteiger partial charge in [-0.3, -0.25) is 20.4 Å². The van der Waals surface area contributed by atoms with E-state index >= 15 is 0 Å². The lowest BCUT2D eigenvalue weighted by molar-refractivity contribution is 0.0846. The smallest absolute Gasteiger partial charge is 0.271 e. The van der Waals surface area contributed by atoms with Gasteiger partial charge in [-0.1, -0.05) is 19.1 Å².